The molecule has 1 heteroatoms. The molecule has 11 heavy (non-hydrogen) atoms. The molecule has 1 rings (SSSR count). The van der Waals surface area contributed by atoms with Gasteiger partial charge in [0.05, 0.1) is 0 Å². The molecule has 0 radical (unpaired) electrons. The third-order valence-electron chi connectivity index (χ3n) is 2.15. The minimum absolute atomic E-state index is 0.446. The summed E-state index contributed by atoms with van der Waals surface area (Å²) in [5.41, 5.74) is 0. The van der Waals surface area contributed by atoms with Crippen LogP contribution in [-0.2, 0) is 4.79 Å². The van der Waals surface area contributed by atoms with E-state index in [2.05, 4.69) is 19.1 Å². The van der Waals surface area contributed by atoms with Crippen LogP contribution in [0.2, 0.25) is 0 Å². The van der Waals surface area contributed by atoms with Gasteiger partial charge in [0.1, 0.15) is 5.78 Å². The van der Waals surface area contributed by atoms with Crippen molar-refractivity contribution in [2.24, 2.45) is 5.92 Å². The Hall–Kier alpha value is -0.590. The van der Waals surface area contributed by atoms with E-state index in [1.165, 1.54) is 0 Å². The van der Waals surface area contributed by atoms with Crippen molar-refractivity contribution in [1.82, 2.24) is 0 Å². The van der Waals surface area contributed by atoms with Gasteiger partial charge in [0, 0.05) is 12.8 Å². The summed E-state index contributed by atoms with van der Waals surface area (Å²) in [6, 6.07) is 0. The quantitative estimate of drug-likeness (QED) is 0.566. The number of carbonyl (C=O) groups is 1. The van der Waals surface area contributed by atoms with Gasteiger partial charge in [-0.3, -0.25) is 4.79 Å². The fourth-order valence-corrected chi connectivity index (χ4v) is 1.54. The average Bonchev–Trinajstić information content (AvgIpc) is 2.40. The summed E-state index contributed by atoms with van der Waals surface area (Å²) >= 11 is 0. The molecule has 1 aliphatic carbocycles. The summed E-state index contributed by atoms with van der Waals surface area (Å²) in [7, 11) is 0. The van der Waals surface area contributed by atoms with Crippen LogP contribution in [0, 0.1) is 5.92 Å². The number of allylic oxidation sites excluding steroid dienone is 2. The van der Waals surface area contributed by atoms with Crippen LogP contribution in [0.3, 0.4) is 0 Å². The smallest absolute Gasteiger partial charge is 0.133 e. The Morgan fingerprint density at radius 2 is 2.09 bits per heavy atom. The highest BCUT2D eigenvalue weighted by Gasteiger charge is 2.13. The Kier molecular flexibility index (Phi) is 3.34. The summed E-state index contributed by atoms with van der Waals surface area (Å²) in [5, 5.41) is 0. The number of hydrogen-bond donors (Lipinski definition) is 0. The minimum atomic E-state index is 0.446. The monoisotopic (exact) mass is 152 g/mol. The maximum absolute atomic E-state index is 11.2. The molecule has 0 saturated carbocycles. The van der Waals surface area contributed by atoms with Gasteiger partial charge in [0.25, 0.3) is 0 Å². The summed E-state index contributed by atoms with van der Waals surface area (Å²) in [4.78, 5) is 11.2. The number of carbonyl (C=O) groups excluding carboxylic acids is 1. The summed E-state index contributed by atoms with van der Waals surface area (Å²) in [5.74, 6) is 1.08. The molecule has 0 heterocycles. The van der Waals surface area contributed by atoms with Gasteiger partial charge in [-0.25, -0.2) is 0 Å². The zero-order chi connectivity index (χ0) is 8.10. The zero-order valence-electron chi connectivity index (χ0n) is 7.18. The highest BCUT2D eigenvalue weighted by molar-refractivity contribution is 5.78. The van der Waals surface area contributed by atoms with Gasteiger partial charge in [0.2, 0.25) is 0 Å². The van der Waals surface area contributed by atoms with Crippen LogP contribution in [0.15, 0.2) is 12.2 Å². The van der Waals surface area contributed by atoms with Crippen LogP contribution >= 0.6 is 0 Å². The van der Waals surface area contributed by atoms with Crippen molar-refractivity contribution < 1.29 is 4.79 Å². The lowest BCUT2D eigenvalue weighted by Gasteiger charge is -2.05. The van der Waals surface area contributed by atoms with Crippen LogP contribution in [0.25, 0.3) is 0 Å². The second kappa shape index (κ2) is 4.32. The Morgan fingerprint density at radius 3 is 2.64 bits per heavy atom. The van der Waals surface area contributed by atoms with E-state index in [0.717, 1.165) is 32.1 Å². The third-order valence-corrected chi connectivity index (χ3v) is 2.15. The van der Waals surface area contributed by atoms with E-state index in [0.29, 0.717) is 11.7 Å². The van der Waals surface area contributed by atoms with Gasteiger partial charge in [-0.15, -0.1) is 0 Å². The van der Waals surface area contributed by atoms with E-state index < -0.39 is 0 Å². The first kappa shape index (κ1) is 8.51. The lowest BCUT2D eigenvalue weighted by atomic mass is 9.98. The fraction of sp³-hybridized carbons (Fsp3) is 0.700. The molecule has 0 bridgehead atoms. The molecule has 1 nitrogen and oxygen atoms in total. The van der Waals surface area contributed by atoms with Crippen molar-refractivity contribution in [1.29, 1.82) is 0 Å². The van der Waals surface area contributed by atoms with Crippen molar-refractivity contribution in [3.05, 3.63) is 12.2 Å². The van der Waals surface area contributed by atoms with E-state index >= 15 is 0 Å². The van der Waals surface area contributed by atoms with Crippen molar-refractivity contribution in [3.8, 4) is 0 Å². The van der Waals surface area contributed by atoms with E-state index in [4.69, 9.17) is 0 Å². The van der Waals surface area contributed by atoms with Gasteiger partial charge in [-0.2, -0.15) is 0 Å². The van der Waals surface area contributed by atoms with Crippen LogP contribution in [0.1, 0.15) is 39.0 Å². The average molecular weight is 152 g/mol. The molecule has 0 spiro atoms. The van der Waals surface area contributed by atoms with Gasteiger partial charge in [-0.1, -0.05) is 19.1 Å². The Morgan fingerprint density at radius 1 is 1.45 bits per heavy atom. The first-order valence-corrected chi connectivity index (χ1v) is 4.49. The van der Waals surface area contributed by atoms with E-state index in [9.17, 15) is 4.79 Å². The maximum atomic E-state index is 11.2. The molecular formula is C10H16O. The Balaban J connectivity index is 2.15. The summed E-state index contributed by atoms with van der Waals surface area (Å²) in [6.07, 6.45) is 9.19. The third kappa shape index (κ3) is 2.87. The highest BCUT2D eigenvalue weighted by atomic mass is 16.1. The van der Waals surface area contributed by atoms with Gasteiger partial charge in [-0.05, 0) is 25.2 Å². The lowest BCUT2D eigenvalue weighted by molar-refractivity contribution is -0.119. The van der Waals surface area contributed by atoms with Crippen molar-refractivity contribution in [2.45, 2.75) is 39.0 Å². The molecule has 0 amide bonds. The van der Waals surface area contributed by atoms with E-state index in [1.807, 2.05) is 0 Å². The fourth-order valence-electron chi connectivity index (χ4n) is 1.54. The van der Waals surface area contributed by atoms with Gasteiger partial charge in [0.15, 0.2) is 0 Å². The molecule has 1 aliphatic rings. The zero-order valence-corrected chi connectivity index (χ0v) is 7.18. The predicted molar refractivity (Wildman–Crippen MR) is 46.4 cm³/mol. The highest BCUT2D eigenvalue weighted by Crippen LogP contribution is 2.21. The van der Waals surface area contributed by atoms with Crippen LogP contribution in [-0.4, -0.2) is 5.78 Å². The van der Waals surface area contributed by atoms with Crippen molar-refractivity contribution >= 4 is 5.78 Å². The van der Waals surface area contributed by atoms with Gasteiger partial charge < -0.3 is 0 Å². The molecule has 0 unspecified atom stereocenters. The van der Waals surface area contributed by atoms with E-state index in [-0.39, 0.29) is 0 Å². The first-order valence-electron chi connectivity index (χ1n) is 4.49. The minimum Gasteiger partial charge on any atom is -0.300 e. The van der Waals surface area contributed by atoms with Gasteiger partial charge >= 0.3 is 0 Å². The number of Topliss-reactive ketones (excluding diaryl/α,β-unsaturated/α-hetero) is 1. The molecule has 0 aromatic rings. The van der Waals surface area contributed by atoms with E-state index in [1.54, 1.807) is 0 Å². The maximum Gasteiger partial charge on any atom is 0.133 e. The predicted octanol–water partition coefficient (Wildman–Crippen LogP) is 2.71. The topological polar surface area (TPSA) is 17.1 Å². The van der Waals surface area contributed by atoms with Crippen molar-refractivity contribution in [2.75, 3.05) is 0 Å². The number of rotatable bonds is 4. The first-order chi connectivity index (χ1) is 5.33. The standard InChI is InChI=1S/C10H16O/c1-2-5-10(11)8-9-6-3-4-7-9/h3-4,9H,2,5-8H2,1H3. The normalized spacial score (nSPS) is 17.5. The molecule has 0 atom stereocenters. The molecule has 0 saturated heterocycles. The van der Waals surface area contributed by atoms with Crippen LogP contribution in [0.4, 0.5) is 0 Å². The molecule has 62 valence electrons. The largest absolute Gasteiger partial charge is 0.300 e. The Labute approximate surface area is 68.5 Å². The second-order valence-corrected chi connectivity index (χ2v) is 3.30. The number of hydrogen-bond acceptors (Lipinski definition) is 1. The molecule has 0 aromatic heterocycles. The SMILES string of the molecule is CCCC(=O)CC1CC=CC1. The molecule has 0 fully saturated rings. The molecule has 0 aromatic carbocycles. The van der Waals surface area contributed by atoms with Crippen LogP contribution in [0.5, 0.6) is 0 Å². The molecular weight excluding hydrogens is 136 g/mol. The summed E-state index contributed by atoms with van der Waals surface area (Å²) < 4.78 is 0. The van der Waals surface area contributed by atoms with Crippen LogP contribution < -0.4 is 0 Å². The molecule has 0 aliphatic heterocycles. The number of ketones is 1. The summed E-state index contributed by atoms with van der Waals surface area (Å²) in [6.45, 7) is 2.06. The Bertz CT molecular complexity index is 150. The van der Waals surface area contributed by atoms with Crippen molar-refractivity contribution in [3.63, 3.8) is 0 Å². The lowest BCUT2D eigenvalue weighted by Crippen LogP contribution is -2.04. The molecule has 0 N–H and O–H groups in total. The second-order valence-electron chi connectivity index (χ2n) is 3.30.